The second-order valence-electron chi connectivity index (χ2n) is 5.65. The molecule has 1 aromatic heterocycles. The summed E-state index contributed by atoms with van der Waals surface area (Å²) in [6.07, 6.45) is 1.51. The second-order valence-corrected chi connectivity index (χ2v) is 5.65. The van der Waals surface area contributed by atoms with E-state index in [1.165, 1.54) is 6.20 Å². The van der Waals surface area contributed by atoms with Crippen LogP contribution in [-0.2, 0) is 0 Å². The highest BCUT2D eigenvalue weighted by atomic mass is 16.1. The molecule has 0 saturated heterocycles. The van der Waals surface area contributed by atoms with Crippen LogP contribution in [0.1, 0.15) is 34.6 Å². The minimum absolute atomic E-state index is 0.144. The highest BCUT2D eigenvalue weighted by molar-refractivity contribution is 5.92. The van der Waals surface area contributed by atoms with Crippen LogP contribution in [0, 0.1) is 11.3 Å². The van der Waals surface area contributed by atoms with Crippen molar-refractivity contribution in [3.63, 3.8) is 0 Å². The molecule has 26 heavy (non-hydrogen) atoms. The summed E-state index contributed by atoms with van der Waals surface area (Å²) in [6.45, 7) is 1.91. The van der Waals surface area contributed by atoms with E-state index in [-0.39, 0.29) is 23.6 Å². The maximum absolute atomic E-state index is 12.5. The number of anilines is 2. The highest BCUT2D eigenvalue weighted by Gasteiger charge is 2.13. The van der Waals surface area contributed by atoms with Crippen molar-refractivity contribution in [1.29, 1.82) is 5.26 Å². The summed E-state index contributed by atoms with van der Waals surface area (Å²) in [7, 11) is 0. The zero-order valence-corrected chi connectivity index (χ0v) is 14.2. The summed E-state index contributed by atoms with van der Waals surface area (Å²) in [4.78, 5) is 20.8. The molecule has 0 spiro atoms. The van der Waals surface area contributed by atoms with Crippen molar-refractivity contribution in [1.82, 2.24) is 15.3 Å². The fraction of sp³-hybridized carbons (Fsp3) is 0.100. The van der Waals surface area contributed by atoms with E-state index >= 15 is 0 Å². The van der Waals surface area contributed by atoms with Crippen LogP contribution in [0.15, 0.2) is 66.9 Å². The predicted molar refractivity (Wildman–Crippen MR) is 98.8 cm³/mol. The van der Waals surface area contributed by atoms with Crippen molar-refractivity contribution < 1.29 is 4.79 Å². The molecule has 1 heterocycles. The molecule has 0 aliphatic heterocycles. The number of benzene rings is 2. The number of hydrogen-bond donors (Lipinski definition) is 2. The van der Waals surface area contributed by atoms with Crippen molar-refractivity contribution in [3.05, 3.63) is 83.7 Å². The van der Waals surface area contributed by atoms with Gasteiger partial charge in [-0.05, 0) is 30.7 Å². The van der Waals surface area contributed by atoms with Gasteiger partial charge >= 0.3 is 0 Å². The number of aromatic nitrogens is 2. The van der Waals surface area contributed by atoms with E-state index in [9.17, 15) is 4.79 Å². The summed E-state index contributed by atoms with van der Waals surface area (Å²) >= 11 is 0. The van der Waals surface area contributed by atoms with Crippen LogP contribution in [0.4, 0.5) is 11.6 Å². The SMILES string of the molecule is CC(NC(=O)c1ccnc(Nc2ccccc2C#N)n1)c1ccccc1. The lowest BCUT2D eigenvalue weighted by molar-refractivity contribution is 0.0935. The first kappa shape index (κ1) is 17.1. The molecule has 3 rings (SSSR count). The molecule has 0 saturated carbocycles. The largest absolute Gasteiger partial charge is 0.344 e. The third-order valence-electron chi connectivity index (χ3n) is 3.83. The molecule has 0 bridgehead atoms. The quantitative estimate of drug-likeness (QED) is 0.739. The van der Waals surface area contributed by atoms with Crippen LogP contribution in [0.3, 0.4) is 0 Å². The number of amides is 1. The number of carbonyl (C=O) groups excluding carboxylic acids is 1. The summed E-state index contributed by atoms with van der Waals surface area (Å²) in [6, 6.07) is 20.2. The maximum Gasteiger partial charge on any atom is 0.270 e. The lowest BCUT2D eigenvalue weighted by atomic mass is 10.1. The topological polar surface area (TPSA) is 90.7 Å². The maximum atomic E-state index is 12.5. The lowest BCUT2D eigenvalue weighted by Crippen LogP contribution is -2.27. The molecule has 1 unspecified atom stereocenters. The molecule has 0 radical (unpaired) electrons. The monoisotopic (exact) mass is 343 g/mol. The number of hydrogen-bond acceptors (Lipinski definition) is 5. The molecule has 3 aromatic rings. The van der Waals surface area contributed by atoms with Crippen molar-refractivity contribution in [2.45, 2.75) is 13.0 Å². The standard InChI is InChI=1S/C20H17N5O/c1-14(15-7-3-2-4-8-15)23-19(26)18-11-12-22-20(25-18)24-17-10-6-5-9-16(17)13-21/h2-12,14H,1H3,(H,23,26)(H,22,24,25). The molecule has 0 aliphatic carbocycles. The highest BCUT2D eigenvalue weighted by Crippen LogP contribution is 2.18. The van der Waals surface area contributed by atoms with Gasteiger partial charge in [-0.15, -0.1) is 0 Å². The molecule has 1 amide bonds. The van der Waals surface area contributed by atoms with Crippen LogP contribution in [-0.4, -0.2) is 15.9 Å². The van der Waals surface area contributed by atoms with Gasteiger partial charge in [0.05, 0.1) is 17.3 Å². The lowest BCUT2D eigenvalue weighted by Gasteiger charge is -2.14. The van der Waals surface area contributed by atoms with Gasteiger partial charge in [0.1, 0.15) is 11.8 Å². The summed E-state index contributed by atoms with van der Waals surface area (Å²) in [5.41, 5.74) is 2.32. The van der Waals surface area contributed by atoms with Gasteiger partial charge in [-0.3, -0.25) is 4.79 Å². The van der Waals surface area contributed by atoms with E-state index in [1.54, 1.807) is 30.3 Å². The number of nitrogens with zero attached hydrogens (tertiary/aromatic N) is 3. The normalized spacial score (nSPS) is 11.2. The van der Waals surface area contributed by atoms with Gasteiger partial charge in [-0.1, -0.05) is 42.5 Å². The number of nitrogens with one attached hydrogen (secondary N) is 2. The van der Waals surface area contributed by atoms with Gasteiger partial charge < -0.3 is 10.6 Å². The number of carbonyl (C=O) groups is 1. The fourth-order valence-electron chi connectivity index (χ4n) is 2.45. The Bertz CT molecular complexity index is 950. The Morgan fingerprint density at radius 1 is 1.08 bits per heavy atom. The first-order chi connectivity index (χ1) is 12.7. The Balaban J connectivity index is 1.74. The van der Waals surface area contributed by atoms with Crippen LogP contribution >= 0.6 is 0 Å². The Morgan fingerprint density at radius 3 is 2.58 bits per heavy atom. The van der Waals surface area contributed by atoms with Gasteiger partial charge in [-0.25, -0.2) is 9.97 Å². The van der Waals surface area contributed by atoms with Crippen LogP contribution in [0.2, 0.25) is 0 Å². The Labute approximate surface area is 151 Å². The van der Waals surface area contributed by atoms with Crippen molar-refractivity contribution in [2.75, 3.05) is 5.32 Å². The summed E-state index contributed by atoms with van der Waals surface area (Å²) in [5.74, 6) is -0.0342. The third-order valence-corrected chi connectivity index (χ3v) is 3.83. The first-order valence-electron chi connectivity index (χ1n) is 8.12. The van der Waals surface area contributed by atoms with Gasteiger partial charge in [-0.2, -0.15) is 5.26 Å². The summed E-state index contributed by atoms with van der Waals surface area (Å²) < 4.78 is 0. The van der Waals surface area contributed by atoms with Gasteiger partial charge in [0, 0.05) is 6.20 Å². The van der Waals surface area contributed by atoms with Gasteiger partial charge in [0.2, 0.25) is 5.95 Å². The van der Waals surface area contributed by atoms with E-state index in [0.717, 1.165) is 5.56 Å². The molecular weight excluding hydrogens is 326 g/mol. The smallest absolute Gasteiger partial charge is 0.270 e. The average molecular weight is 343 g/mol. The second kappa shape index (κ2) is 7.90. The van der Waals surface area contributed by atoms with E-state index < -0.39 is 0 Å². The van der Waals surface area contributed by atoms with E-state index in [2.05, 4.69) is 26.7 Å². The third kappa shape index (κ3) is 4.02. The van der Waals surface area contributed by atoms with Crippen LogP contribution < -0.4 is 10.6 Å². The van der Waals surface area contributed by atoms with E-state index in [0.29, 0.717) is 11.3 Å². The molecule has 1 atom stereocenters. The zero-order valence-electron chi connectivity index (χ0n) is 14.2. The Kier molecular flexibility index (Phi) is 5.20. The molecule has 2 N–H and O–H groups in total. The molecular formula is C20H17N5O. The Hall–Kier alpha value is -3.72. The average Bonchev–Trinajstić information content (AvgIpc) is 2.69. The van der Waals surface area contributed by atoms with Gasteiger partial charge in [0.15, 0.2) is 0 Å². The number of rotatable bonds is 5. The van der Waals surface area contributed by atoms with E-state index in [4.69, 9.17) is 5.26 Å². The van der Waals surface area contributed by atoms with Crippen molar-refractivity contribution >= 4 is 17.5 Å². The zero-order chi connectivity index (χ0) is 18.4. The first-order valence-corrected chi connectivity index (χ1v) is 8.12. The molecule has 0 fully saturated rings. The molecule has 6 heteroatoms. The number of para-hydroxylation sites is 1. The fourth-order valence-corrected chi connectivity index (χ4v) is 2.45. The Morgan fingerprint density at radius 2 is 1.81 bits per heavy atom. The summed E-state index contributed by atoms with van der Waals surface area (Å²) in [5, 5.41) is 15.0. The minimum atomic E-state index is -0.291. The van der Waals surface area contributed by atoms with Crippen molar-refractivity contribution in [2.24, 2.45) is 0 Å². The molecule has 6 nitrogen and oxygen atoms in total. The van der Waals surface area contributed by atoms with Crippen LogP contribution in [0.5, 0.6) is 0 Å². The molecule has 2 aromatic carbocycles. The van der Waals surface area contributed by atoms with Crippen molar-refractivity contribution in [3.8, 4) is 6.07 Å². The van der Waals surface area contributed by atoms with Gasteiger partial charge in [0.25, 0.3) is 5.91 Å². The minimum Gasteiger partial charge on any atom is -0.344 e. The molecule has 0 aliphatic rings. The number of nitriles is 1. The molecule has 128 valence electrons. The predicted octanol–water partition coefficient (Wildman–Crippen LogP) is 3.58. The van der Waals surface area contributed by atoms with Crippen LogP contribution in [0.25, 0.3) is 0 Å². The van der Waals surface area contributed by atoms with E-state index in [1.807, 2.05) is 37.3 Å².